The monoisotopic (exact) mass is 373 g/mol. The Morgan fingerprint density at radius 1 is 1.11 bits per heavy atom. The van der Waals surface area contributed by atoms with E-state index >= 15 is 0 Å². The number of hydrogen-bond donors (Lipinski definition) is 1. The molecule has 7 nitrogen and oxygen atoms in total. The summed E-state index contributed by atoms with van der Waals surface area (Å²) in [6.45, 7) is 2.90. The van der Waals surface area contributed by atoms with Gasteiger partial charge in [-0.15, -0.1) is 0 Å². The molecule has 1 saturated heterocycles. The molecule has 1 atom stereocenters. The van der Waals surface area contributed by atoms with Crippen LogP contribution in [0.1, 0.15) is 23.6 Å². The van der Waals surface area contributed by atoms with Crippen LogP contribution in [0.15, 0.2) is 42.5 Å². The SMILES string of the molecule is N#Cc1cccc(C2CC(=O)Nc3ccc(N4CCOCC4)cc3N2C#N)c1. The third-order valence-corrected chi connectivity index (χ3v) is 5.09. The zero-order valence-corrected chi connectivity index (χ0v) is 15.3. The fraction of sp³-hybridized carbons (Fsp3) is 0.286. The number of nitriles is 2. The van der Waals surface area contributed by atoms with Gasteiger partial charge < -0.3 is 15.0 Å². The molecule has 2 aliphatic rings. The highest BCUT2D eigenvalue weighted by atomic mass is 16.5. The second-order valence-corrected chi connectivity index (χ2v) is 6.78. The fourth-order valence-corrected chi connectivity index (χ4v) is 3.69. The number of hydrogen-bond acceptors (Lipinski definition) is 6. The van der Waals surface area contributed by atoms with Crippen LogP contribution in [-0.2, 0) is 9.53 Å². The average molecular weight is 373 g/mol. The maximum absolute atomic E-state index is 12.5. The molecule has 2 heterocycles. The van der Waals surface area contributed by atoms with E-state index in [4.69, 9.17) is 4.74 Å². The molecular weight excluding hydrogens is 354 g/mol. The fourth-order valence-electron chi connectivity index (χ4n) is 3.69. The Labute approximate surface area is 163 Å². The number of morpholine rings is 1. The molecule has 0 saturated carbocycles. The molecule has 0 spiro atoms. The van der Waals surface area contributed by atoms with E-state index in [1.54, 1.807) is 23.1 Å². The number of benzene rings is 2. The van der Waals surface area contributed by atoms with E-state index in [0.29, 0.717) is 30.2 Å². The first kappa shape index (κ1) is 17.8. The van der Waals surface area contributed by atoms with Crippen molar-refractivity contribution in [3.63, 3.8) is 0 Å². The summed E-state index contributed by atoms with van der Waals surface area (Å²) in [5.41, 5.74) is 3.53. The standard InChI is InChI=1S/C21H19N5O2/c22-13-15-2-1-3-16(10-15)19-12-21(27)24-18-5-4-17(11-20(18)26(19)14-23)25-6-8-28-9-7-25/h1-5,10-11,19H,6-9,12H2,(H,24,27). The largest absolute Gasteiger partial charge is 0.378 e. The van der Waals surface area contributed by atoms with Crippen molar-refractivity contribution in [3.8, 4) is 12.3 Å². The van der Waals surface area contributed by atoms with E-state index in [-0.39, 0.29) is 12.3 Å². The van der Waals surface area contributed by atoms with E-state index in [1.165, 1.54) is 0 Å². The molecule has 0 aromatic heterocycles. The van der Waals surface area contributed by atoms with Crippen LogP contribution in [0.2, 0.25) is 0 Å². The molecule has 0 aliphatic carbocycles. The summed E-state index contributed by atoms with van der Waals surface area (Å²) in [7, 11) is 0. The van der Waals surface area contributed by atoms with Gasteiger partial charge >= 0.3 is 0 Å². The Balaban J connectivity index is 1.77. The molecule has 28 heavy (non-hydrogen) atoms. The topological polar surface area (TPSA) is 92.4 Å². The van der Waals surface area contributed by atoms with Crippen molar-refractivity contribution in [2.24, 2.45) is 0 Å². The van der Waals surface area contributed by atoms with Crippen molar-refractivity contribution >= 4 is 23.0 Å². The summed E-state index contributed by atoms with van der Waals surface area (Å²) >= 11 is 0. The minimum Gasteiger partial charge on any atom is -0.378 e. The lowest BCUT2D eigenvalue weighted by atomic mass is 10.00. The lowest BCUT2D eigenvalue weighted by Crippen LogP contribution is -2.36. The molecule has 1 unspecified atom stereocenters. The molecule has 2 aliphatic heterocycles. The van der Waals surface area contributed by atoms with Crippen LogP contribution >= 0.6 is 0 Å². The van der Waals surface area contributed by atoms with Crippen LogP contribution in [0.4, 0.5) is 17.1 Å². The minimum absolute atomic E-state index is 0.129. The third-order valence-electron chi connectivity index (χ3n) is 5.09. The molecule has 0 radical (unpaired) electrons. The van der Waals surface area contributed by atoms with Crippen molar-refractivity contribution in [2.75, 3.05) is 41.4 Å². The van der Waals surface area contributed by atoms with Crippen LogP contribution in [-0.4, -0.2) is 32.2 Å². The number of carbonyl (C=O) groups is 1. The molecule has 7 heteroatoms. The number of nitrogens with zero attached hydrogens (tertiary/aromatic N) is 4. The molecule has 4 rings (SSSR count). The third kappa shape index (κ3) is 3.36. The number of anilines is 3. The van der Waals surface area contributed by atoms with Crippen molar-refractivity contribution < 1.29 is 9.53 Å². The number of ether oxygens (including phenoxy) is 1. The first-order valence-electron chi connectivity index (χ1n) is 9.15. The lowest BCUT2D eigenvalue weighted by Gasteiger charge is -2.31. The first-order chi connectivity index (χ1) is 13.7. The summed E-state index contributed by atoms with van der Waals surface area (Å²) < 4.78 is 5.42. The summed E-state index contributed by atoms with van der Waals surface area (Å²) in [5.74, 6) is -0.162. The van der Waals surface area contributed by atoms with Gasteiger partial charge in [-0.2, -0.15) is 10.5 Å². The molecule has 2 aromatic rings. The highest BCUT2D eigenvalue weighted by molar-refractivity contribution is 5.98. The van der Waals surface area contributed by atoms with Crippen molar-refractivity contribution in [1.82, 2.24) is 0 Å². The molecule has 0 bridgehead atoms. The van der Waals surface area contributed by atoms with Gasteiger partial charge in [0.2, 0.25) is 5.91 Å². The van der Waals surface area contributed by atoms with Gasteiger partial charge in [0.25, 0.3) is 0 Å². The molecular formula is C21H19N5O2. The summed E-state index contributed by atoms with van der Waals surface area (Å²) in [6.07, 6.45) is 2.38. The predicted octanol–water partition coefficient (Wildman–Crippen LogP) is 2.77. The predicted molar refractivity (Wildman–Crippen MR) is 105 cm³/mol. The quantitative estimate of drug-likeness (QED) is 0.814. The Hall–Kier alpha value is -3.55. The lowest BCUT2D eigenvalue weighted by molar-refractivity contribution is -0.116. The second-order valence-electron chi connectivity index (χ2n) is 6.78. The molecule has 140 valence electrons. The molecule has 1 N–H and O–H groups in total. The summed E-state index contributed by atoms with van der Waals surface area (Å²) in [4.78, 5) is 16.3. The maximum Gasteiger partial charge on any atom is 0.226 e. The van der Waals surface area contributed by atoms with E-state index < -0.39 is 6.04 Å². The molecule has 1 fully saturated rings. The molecule has 1 amide bonds. The van der Waals surface area contributed by atoms with Gasteiger partial charge in [0, 0.05) is 18.8 Å². The number of fused-ring (bicyclic) bond motifs is 1. The van der Waals surface area contributed by atoms with Gasteiger partial charge in [0.1, 0.15) is 0 Å². The Kier molecular flexibility index (Phi) is 4.84. The van der Waals surface area contributed by atoms with Gasteiger partial charge in [-0.05, 0) is 35.9 Å². The van der Waals surface area contributed by atoms with E-state index in [1.807, 2.05) is 24.3 Å². The normalized spacial score (nSPS) is 19.1. The number of amides is 1. The smallest absolute Gasteiger partial charge is 0.226 e. The van der Waals surface area contributed by atoms with E-state index in [2.05, 4.69) is 22.5 Å². The van der Waals surface area contributed by atoms with Gasteiger partial charge in [-0.1, -0.05) is 12.1 Å². The van der Waals surface area contributed by atoms with Crippen LogP contribution in [0, 0.1) is 22.8 Å². The Morgan fingerprint density at radius 2 is 1.93 bits per heavy atom. The maximum atomic E-state index is 12.5. The molecule has 2 aromatic carbocycles. The zero-order chi connectivity index (χ0) is 19.5. The Morgan fingerprint density at radius 3 is 2.68 bits per heavy atom. The van der Waals surface area contributed by atoms with Gasteiger partial charge in [-0.25, -0.2) is 0 Å². The van der Waals surface area contributed by atoms with E-state index in [9.17, 15) is 15.3 Å². The van der Waals surface area contributed by atoms with Gasteiger partial charge in [0.05, 0.1) is 48.7 Å². The van der Waals surface area contributed by atoms with Crippen LogP contribution < -0.4 is 15.1 Å². The van der Waals surface area contributed by atoms with Gasteiger partial charge in [0.15, 0.2) is 6.19 Å². The van der Waals surface area contributed by atoms with Crippen molar-refractivity contribution in [1.29, 1.82) is 10.5 Å². The van der Waals surface area contributed by atoms with Crippen LogP contribution in [0.5, 0.6) is 0 Å². The summed E-state index contributed by atoms with van der Waals surface area (Å²) in [5, 5.41) is 22.1. The van der Waals surface area contributed by atoms with E-state index in [0.717, 1.165) is 24.3 Å². The Bertz CT molecular complexity index is 985. The second kappa shape index (κ2) is 7.59. The van der Waals surface area contributed by atoms with Gasteiger partial charge in [-0.3, -0.25) is 9.69 Å². The summed E-state index contributed by atoms with van der Waals surface area (Å²) in [6, 6.07) is 14.5. The van der Waals surface area contributed by atoms with Crippen molar-refractivity contribution in [3.05, 3.63) is 53.6 Å². The average Bonchev–Trinajstić information content (AvgIpc) is 2.89. The highest BCUT2D eigenvalue weighted by Crippen LogP contribution is 2.39. The van der Waals surface area contributed by atoms with Crippen molar-refractivity contribution in [2.45, 2.75) is 12.5 Å². The number of carbonyl (C=O) groups excluding carboxylic acids is 1. The number of nitrogens with one attached hydrogen (secondary N) is 1. The van der Waals surface area contributed by atoms with Crippen LogP contribution in [0.3, 0.4) is 0 Å². The zero-order valence-electron chi connectivity index (χ0n) is 15.3. The highest BCUT2D eigenvalue weighted by Gasteiger charge is 2.30. The van der Waals surface area contributed by atoms with Crippen LogP contribution in [0.25, 0.3) is 0 Å². The first-order valence-corrected chi connectivity index (χ1v) is 9.15. The number of rotatable bonds is 2. The minimum atomic E-state index is -0.473.